The average molecular weight is 300 g/mol. The van der Waals surface area contributed by atoms with Crippen molar-refractivity contribution in [2.24, 2.45) is 5.73 Å². The first-order chi connectivity index (χ1) is 10.1. The van der Waals surface area contributed by atoms with E-state index in [0.29, 0.717) is 5.56 Å². The van der Waals surface area contributed by atoms with Gasteiger partial charge in [-0.25, -0.2) is 4.39 Å². The third kappa shape index (κ3) is 2.90. The standard InChI is InChI=1S/C17H17FN2S/c18-12-8-9-16(14(10-12)17(19)21)20-15-7-3-5-11-4-1-2-6-13(11)15/h3,5,7-10,20H,1-2,4,6H2,(H2,19,21). The van der Waals surface area contributed by atoms with E-state index in [1.54, 1.807) is 6.07 Å². The molecule has 2 aromatic carbocycles. The molecule has 21 heavy (non-hydrogen) atoms. The Labute approximate surface area is 129 Å². The third-order valence-electron chi connectivity index (χ3n) is 3.91. The molecule has 0 bridgehead atoms. The SMILES string of the molecule is NC(=S)c1cc(F)ccc1Nc1cccc2c1CCCC2. The molecular formula is C17H17FN2S. The van der Waals surface area contributed by atoms with E-state index in [1.165, 1.54) is 36.1 Å². The maximum Gasteiger partial charge on any atom is 0.124 e. The van der Waals surface area contributed by atoms with Crippen molar-refractivity contribution in [3.63, 3.8) is 0 Å². The summed E-state index contributed by atoms with van der Waals surface area (Å²) >= 11 is 5.02. The van der Waals surface area contributed by atoms with Crippen LogP contribution in [-0.4, -0.2) is 4.99 Å². The van der Waals surface area contributed by atoms with Gasteiger partial charge in [0.25, 0.3) is 0 Å². The van der Waals surface area contributed by atoms with Crippen molar-refractivity contribution in [2.75, 3.05) is 5.32 Å². The van der Waals surface area contributed by atoms with Gasteiger partial charge >= 0.3 is 0 Å². The van der Waals surface area contributed by atoms with Crippen LogP contribution in [-0.2, 0) is 12.8 Å². The fraction of sp³-hybridized carbons (Fsp3) is 0.235. The van der Waals surface area contributed by atoms with Crippen LogP contribution in [0.5, 0.6) is 0 Å². The van der Waals surface area contributed by atoms with Gasteiger partial charge in [0.15, 0.2) is 0 Å². The van der Waals surface area contributed by atoms with E-state index in [2.05, 4.69) is 23.5 Å². The number of aryl methyl sites for hydroxylation is 1. The van der Waals surface area contributed by atoms with Crippen molar-refractivity contribution in [2.45, 2.75) is 25.7 Å². The first kappa shape index (κ1) is 14.0. The molecular weight excluding hydrogens is 283 g/mol. The first-order valence-corrected chi connectivity index (χ1v) is 7.53. The number of thiocarbonyl (C=S) groups is 1. The molecule has 0 saturated carbocycles. The topological polar surface area (TPSA) is 38.0 Å². The number of halogens is 1. The molecule has 0 radical (unpaired) electrons. The second kappa shape index (κ2) is 5.82. The normalized spacial score (nSPS) is 13.6. The number of benzene rings is 2. The van der Waals surface area contributed by atoms with Gasteiger partial charge in [-0.2, -0.15) is 0 Å². The second-order valence-corrected chi connectivity index (χ2v) is 5.77. The molecule has 4 heteroatoms. The molecule has 0 spiro atoms. The van der Waals surface area contributed by atoms with E-state index in [1.807, 2.05) is 0 Å². The number of nitrogens with two attached hydrogens (primary N) is 1. The van der Waals surface area contributed by atoms with Crippen molar-refractivity contribution in [3.8, 4) is 0 Å². The minimum Gasteiger partial charge on any atom is -0.389 e. The van der Waals surface area contributed by atoms with Crippen LogP contribution in [0.3, 0.4) is 0 Å². The van der Waals surface area contributed by atoms with Crippen LogP contribution >= 0.6 is 12.2 Å². The Balaban J connectivity index is 2.00. The van der Waals surface area contributed by atoms with E-state index < -0.39 is 0 Å². The molecule has 1 aliphatic carbocycles. The summed E-state index contributed by atoms with van der Waals surface area (Å²) in [5.41, 5.74) is 10.8. The Kier molecular flexibility index (Phi) is 3.88. The van der Waals surface area contributed by atoms with Gasteiger partial charge in [0, 0.05) is 16.9 Å². The Hall–Kier alpha value is -1.94. The number of anilines is 2. The highest BCUT2D eigenvalue weighted by atomic mass is 32.1. The van der Waals surface area contributed by atoms with Crippen LogP contribution in [0.2, 0.25) is 0 Å². The van der Waals surface area contributed by atoms with Crippen LogP contribution < -0.4 is 11.1 Å². The molecule has 108 valence electrons. The Morgan fingerprint density at radius 3 is 2.71 bits per heavy atom. The van der Waals surface area contributed by atoms with Crippen LogP contribution in [0.25, 0.3) is 0 Å². The van der Waals surface area contributed by atoms with Gasteiger partial charge in [0.2, 0.25) is 0 Å². The van der Waals surface area contributed by atoms with Gasteiger partial charge in [-0.3, -0.25) is 0 Å². The Morgan fingerprint density at radius 2 is 1.90 bits per heavy atom. The summed E-state index contributed by atoms with van der Waals surface area (Å²) in [4.78, 5) is 0.196. The summed E-state index contributed by atoms with van der Waals surface area (Å²) in [5, 5.41) is 3.38. The summed E-state index contributed by atoms with van der Waals surface area (Å²) < 4.78 is 13.4. The fourth-order valence-corrected chi connectivity index (χ4v) is 3.04. The average Bonchev–Trinajstić information content (AvgIpc) is 2.49. The van der Waals surface area contributed by atoms with Gasteiger partial charge in [-0.1, -0.05) is 24.4 Å². The number of rotatable bonds is 3. The predicted octanol–water partition coefficient (Wildman–Crippen LogP) is 4.08. The minimum absolute atomic E-state index is 0.196. The molecule has 0 amide bonds. The highest BCUT2D eigenvalue weighted by Crippen LogP contribution is 2.31. The lowest BCUT2D eigenvalue weighted by Gasteiger charge is -2.21. The maximum atomic E-state index is 13.4. The van der Waals surface area contributed by atoms with Gasteiger partial charge < -0.3 is 11.1 Å². The van der Waals surface area contributed by atoms with Crippen LogP contribution in [0.15, 0.2) is 36.4 Å². The lowest BCUT2D eigenvalue weighted by molar-refractivity contribution is 0.628. The van der Waals surface area contributed by atoms with E-state index in [4.69, 9.17) is 18.0 Å². The summed E-state index contributed by atoms with van der Waals surface area (Å²) in [5.74, 6) is -0.335. The highest BCUT2D eigenvalue weighted by molar-refractivity contribution is 7.80. The summed E-state index contributed by atoms with van der Waals surface area (Å²) in [7, 11) is 0. The second-order valence-electron chi connectivity index (χ2n) is 5.33. The molecule has 0 heterocycles. The molecule has 3 rings (SSSR count). The van der Waals surface area contributed by atoms with Gasteiger partial charge in [-0.15, -0.1) is 0 Å². The van der Waals surface area contributed by atoms with Crippen molar-refractivity contribution in [3.05, 3.63) is 58.9 Å². The van der Waals surface area contributed by atoms with Crippen molar-refractivity contribution in [1.82, 2.24) is 0 Å². The van der Waals surface area contributed by atoms with E-state index in [0.717, 1.165) is 24.2 Å². The van der Waals surface area contributed by atoms with E-state index >= 15 is 0 Å². The Morgan fingerprint density at radius 1 is 1.10 bits per heavy atom. The molecule has 2 nitrogen and oxygen atoms in total. The largest absolute Gasteiger partial charge is 0.389 e. The Bertz CT molecular complexity index is 697. The minimum atomic E-state index is -0.335. The molecule has 0 aliphatic heterocycles. The summed E-state index contributed by atoms with van der Waals surface area (Å²) in [6.07, 6.45) is 4.64. The number of fused-ring (bicyclic) bond motifs is 1. The zero-order chi connectivity index (χ0) is 14.8. The molecule has 0 fully saturated rings. The third-order valence-corrected chi connectivity index (χ3v) is 4.13. The van der Waals surface area contributed by atoms with Crippen molar-refractivity contribution >= 4 is 28.6 Å². The number of hydrogen-bond donors (Lipinski definition) is 2. The van der Waals surface area contributed by atoms with E-state index in [-0.39, 0.29) is 10.8 Å². The molecule has 0 saturated heterocycles. The fourth-order valence-electron chi connectivity index (χ4n) is 2.87. The lowest BCUT2D eigenvalue weighted by Crippen LogP contribution is -2.13. The molecule has 0 aromatic heterocycles. The molecule has 1 aliphatic rings. The molecule has 0 atom stereocenters. The predicted molar refractivity (Wildman–Crippen MR) is 88.7 cm³/mol. The zero-order valence-corrected chi connectivity index (χ0v) is 12.5. The van der Waals surface area contributed by atoms with Crippen LogP contribution in [0.1, 0.15) is 29.5 Å². The lowest BCUT2D eigenvalue weighted by atomic mass is 9.90. The van der Waals surface area contributed by atoms with E-state index in [9.17, 15) is 4.39 Å². The van der Waals surface area contributed by atoms with Crippen molar-refractivity contribution < 1.29 is 4.39 Å². The van der Waals surface area contributed by atoms with Crippen molar-refractivity contribution in [1.29, 1.82) is 0 Å². The van der Waals surface area contributed by atoms with Gasteiger partial charge in [0.1, 0.15) is 10.8 Å². The number of nitrogens with one attached hydrogen (secondary N) is 1. The molecule has 3 N–H and O–H groups in total. The summed E-state index contributed by atoms with van der Waals surface area (Å²) in [6, 6.07) is 10.8. The first-order valence-electron chi connectivity index (χ1n) is 7.12. The molecule has 0 unspecified atom stereocenters. The van der Waals surface area contributed by atoms with Gasteiger partial charge in [-0.05, 0) is 61.1 Å². The van der Waals surface area contributed by atoms with Crippen LogP contribution in [0.4, 0.5) is 15.8 Å². The smallest absolute Gasteiger partial charge is 0.124 e. The quantitative estimate of drug-likeness (QED) is 0.839. The molecule has 2 aromatic rings. The monoisotopic (exact) mass is 300 g/mol. The summed E-state index contributed by atoms with van der Waals surface area (Å²) in [6.45, 7) is 0. The van der Waals surface area contributed by atoms with Crippen LogP contribution in [0, 0.1) is 5.82 Å². The zero-order valence-electron chi connectivity index (χ0n) is 11.7. The maximum absolute atomic E-state index is 13.4. The van der Waals surface area contributed by atoms with Gasteiger partial charge in [0.05, 0.1) is 0 Å². The number of hydrogen-bond acceptors (Lipinski definition) is 2. The highest BCUT2D eigenvalue weighted by Gasteiger charge is 2.14.